The van der Waals surface area contributed by atoms with E-state index in [1.54, 1.807) is 0 Å². The minimum Gasteiger partial charge on any atom is -0.374 e. The van der Waals surface area contributed by atoms with Crippen molar-refractivity contribution in [3.63, 3.8) is 0 Å². The van der Waals surface area contributed by atoms with E-state index in [9.17, 15) is 0 Å². The third kappa shape index (κ3) is 2.81. The first-order valence-corrected chi connectivity index (χ1v) is 5.83. The Kier molecular flexibility index (Phi) is 3.73. The van der Waals surface area contributed by atoms with Crippen LogP contribution in [0.5, 0.6) is 0 Å². The Morgan fingerprint density at radius 3 is 2.83 bits per heavy atom. The van der Waals surface area contributed by atoms with Gasteiger partial charge in [0.1, 0.15) is 0 Å². The lowest BCUT2D eigenvalue weighted by Gasteiger charge is -2.37. The van der Waals surface area contributed by atoms with Gasteiger partial charge in [-0.3, -0.25) is 0 Å². The van der Waals surface area contributed by atoms with Gasteiger partial charge in [0, 0.05) is 18.6 Å². The third-order valence-corrected chi connectivity index (χ3v) is 3.23. The summed E-state index contributed by atoms with van der Waals surface area (Å²) < 4.78 is 7.72. The van der Waals surface area contributed by atoms with E-state index >= 15 is 0 Å². The summed E-state index contributed by atoms with van der Waals surface area (Å²) in [7, 11) is 1.46. The van der Waals surface area contributed by atoms with Crippen molar-refractivity contribution in [2.75, 3.05) is 19.7 Å². The van der Waals surface area contributed by atoms with E-state index in [-0.39, 0.29) is 11.6 Å². The predicted molar refractivity (Wildman–Crippen MR) is 56.2 cm³/mol. The maximum atomic E-state index is 5.94. The Bertz CT molecular complexity index is 149. The third-order valence-electron chi connectivity index (χ3n) is 1.97. The van der Waals surface area contributed by atoms with Crippen LogP contribution in [0.15, 0.2) is 0 Å². The van der Waals surface area contributed by atoms with E-state index in [2.05, 4.69) is 16.0 Å². The highest BCUT2D eigenvalue weighted by molar-refractivity contribution is 8.67. The molecule has 1 saturated heterocycles. The second-order valence-electron chi connectivity index (χ2n) is 3.65. The van der Waals surface area contributed by atoms with Crippen molar-refractivity contribution < 1.29 is 4.74 Å². The van der Waals surface area contributed by atoms with Crippen LogP contribution in [0.2, 0.25) is 0 Å². The maximum absolute atomic E-state index is 5.94. The first-order chi connectivity index (χ1) is 5.54. The largest absolute Gasteiger partial charge is 0.374 e. The molecular weight excluding hydrogens is 192 g/mol. The van der Waals surface area contributed by atoms with Gasteiger partial charge in [0.15, 0.2) is 0 Å². The molecule has 1 aliphatic heterocycles. The van der Waals surface area contributed by atoms with Gasteiger partial charge in [0.25, 0.3) is 0 Å². The molecule has 0 amide bonds. The number of nitrogens with zero attached hydrogens (tertiary/aromatic N) is 1. The van der Waals surface area contributed by atoms with Crippen LogP contribution in [-0.4, -0.2) is 35.6 Å². The molecule has 1 aliphatic rings. The molecule has 1 heterocycles. The van der Waals surface area contributed by atoms with Gasteiger partial charge in [-0.2, -0.15) is 0 Å². The van der Waals surface area contributed by atoms with E-state index in [1.165, 1.54) is 11.0 Å². The van der Waals surface area contributed by atoms with Crippen molar-refractivity contribution in [3.8, 4) is 0 Å². The lowest BCUT2D eigenvalue weighted by atomic mass is 9.98. The Morgan fingerprint density at radius 1 is 1.67 bits per heavy atom. The zero-order chi connectivity index (χ0) is 9.19. The van der Waals surface area contributed by atoms with E-state index in [1.807, 2.05) is 13.8 Å². The number of hydrogen-bond donors (Lipinski definition) is 2. The fraction of sp³-hybridized carbons (Fsp3) is 1.00. The Balaban J connectivity index is 2.46. The maximum Gasteiger partial charge on any atom is 0.0885 e. The quantitative estimate of drug-likeness (QED) is 0.402. The number of hydrogen-bond acceptors (Lipinski definition) is 5. The molecule has 0 saturated carbocycles. The number of thiol groups is 1. The number of ether oxygens (including phenoxy) is 1. The highest BCUT2D eigenvalue weighted by Crippen LogP contribution is 2.22. The normalized spacial score (nSPS) is 27.5. The van der Waals surface area contributed by atoms with Gasteiger partial charge < -0.3 is 10.5 Å². The SMILES string of the molecule is CC(C)(N)[C@H]1CN(SS)CCO1. The Hall–Kier alpha value is 0.580. The lowest BCUT2D eigenvalue weighted by molar-refractivity contribution is -0.0331. The number of morpholine rings is 1. The van der Waals surface area contributed by atoms with Gasteiger partial charge in [0.05, 0.1) is 12.7 Å². The van der Waals surface area contributed by atoms with Crippen LogP contribution >= 0.6 is 22.6 Å². The molecule has 5 heteroatoms. The molecule has 0 bridgehead atoms. The van der Waals surface area contributed by atoms with Crippen LogP contribution in [0, 0.1) is 0 Å². The van der Waals surface area contributed by atoms with Crippen LogP contribution in [-0.2, 0) is 4.74 Å². The standard InChI is InChI=1S/C7H16N2OS2/c1-7(2,8)6-5-9(12-11)3-4-10-6/h6,11H,3-5,8H2,1-2H3/t6-/m1/s1. The van der Waals surface area contributed by atoms with E-state index in [4.69, 9.17) is 10.5 Å². The monoisotopic (exact) mass is 208 g/mol. The van der Waals surface area contributed by atoms with Crippen LogP contribution in [0.4, 0.5) is 0 Å². The smallest absolute Gasteiger partial charge is 0.0885 e. The molecule has 0 unspecified atom stereocenters. The molecule has 0 aromatic heterocycles. The van der Waals surface area contributed by atoms with Crippen molar-refractivity contribution in [3.05, 3.63) is 0 Å². The summed E-state index contributed by atoms with van der Waals surface area (Å²) in [6.07, 6.45) is 0.117. The van der Waals surface area contributed by atoms with E-state index in [0.717, 1.165) is 19.7 Å². The van der Waals surface area contributed by atoms with Crippen molar-refractivity contribution in [1.29, 1.82) is 0 Å². The van der Waals surface area contributed by atoms with Crippen molar-refractivity contribution >= 4 is 22.6 Å². The Morgan fingerprint density at radius 2 is 2.33 bits per heavy atom. The van der Waals surface area contributed by atoms with Gasteiger partial charge >= 0.3 is 0 Å². The average Bonchev–Trinajstić information content (AvgIpc) is 2.03. The molecule has 0 radical (unpaired) electrons. The second kappa shape index (κ2) is 4.19. The fourth-order valence-electron chi connectivity index (χ4n) is 1.15. The minimum absolute atomic E-state index is 0.117. The fourth-order valence-corrected chi connectivity index (χ4v) is 1.95. The highest BCUT2D eigenvalue weighted by Gasteiger charge is 2.30. The zero-order valence-electron chi connectivity index (χ0n) is 7.49. The topological polar surface area (TPSA) is 38.5 Å². The van der Waals surface area contributed by atoms with Gasteiger partial charge in [0.2, 0.25) is 0 Å². The molecule has 12 heavy (non-hydrogen) atoms. The summed E-state index contributed by atoms with van der Waals surface area (Å²) >= 11 is 4.15. The van der Waals surface area contributed by atoms with Crippen LogP contribution in [0.1, 0.15) is 13.8 Å². The summed E-state index contributed by atoms with van der Waals surface area (Å²) in [5.41, 5.74) is 5.68. The molecule has 2 N–H and O–H groups in total. The summed E-state index contributed by atoms with van der Waals surface area (Å²) in [5.74, 6) is 0. The molecule has 0 aliphatic carbocycles. The molecule has 0 aromatic carbocycles. The highest BCUT2D eigenvalue weighted by atomic mass is 33.1. The second-order valence-corrected chi connectivity index (χ2v) is 4.82. The molecular formula is C7H16N2OS2. The summed E-state index contributed by atoms with van der Waals surface area (Å²) in [6.45, 7) is 6.52. The lowest BCUT2D eigenvalue weighted by Crippen LogP contribution is -2.54. The summed E-state index contributed by atoms with van der Waals surface area (Å²) in [5, 5.41) is 0. The van der Waals surface area contributed by atoms with Gasteiger partial charge in [-0.25, -0.2) is 4.31 Å². The molecule has 1 fully saturated rings. The zero-order valence-corrected chi connectivity index (χ0v) is 9.20. The van der Waals surface area contributed by atoms with Crippen LogP contribution in [0.25, 0.3) is 0 Å². The molecule has 72 valence electrons. The van der Waals surface area contributed by atoms with Crippen molar-refractivity contribution in [1.82, 2.24) is 4.31 Å². The Labute approximate surface area is 82.9 Å². The summed E-state index contributed by atoms with van der Waals surface area (Å²) in [4.78, 5) is 0. The molecule has 0 aromatic rings. The van der Waals surface area contributed by atoms with Gasteiger partial charge in [-0.1, -0.05) is 11.7 Å². The molecule has 1 rings (SSSR count). The van der Waals surface area contributed by atoms with Crippen LogP contribution in [0.3, 0.4) is 0 Å². The van der Waals surface area contributed by atoms with E-state index in [0.29, 0.717) is 0 Å². The number of rotatable bonds is 2. The number of nitrogens with two attached hydrogens (primary N) is 1. The molecule has 0 spiro atoms. The van der Waals surface area contributed by atoms with E-state index < -0.39 is 0 Å². The first kappa shape index (κ1) is 10.7. The van der Waals surface area contributed by atoms with Gasteiger partial charge in [-0.15, -0.1) is 0 Å². The summed E-state index contributed by atoms with van der Waals surface area (Å²) in [6, 6.07) is 0. The minimum atomic E-state index is -0.262. The average molecular weight is 208 g/mol. The van der Waals surface area contributed by atoms with Crippen molar-refractivity contribution in [2.24, 2.45) is 5.73 Å². The molecule has 1 atom stereocenters. The molecule has 3 nitrogen and oxygen atoms in total. The predicted octanol–water partition coefficient (Wildman–Crippen LogP) is 0.917. The van der Waals surface area contributed by atoms with Crippen LogP contribution < -0.4 is 5.73 Å². The first-order valence-electron chi connectivity index (χ1n) is 4.01. The van der Waals surface area contributed by atoms with Crippen molar-refractivity contribution in [2.45, 2.75) is 25.5 Å². The van der Waals surface area contributed by atoms with Gasteiger partial charge in [-0.05, 0) is 24.8 Å².